The molecule has 0 saturated carbocycles. The monoisotopic (exact) mass is 381 g/mol. The molecule has 0 amide bonds. The second kappa shape index (κ2) is 8.60. The molecule has 0 aliphatic heterocycles. The average Bonchev–Trinajstić information content (AvgIpc) is 2.65. The maximum absolute atomic E-state index is 11.0. The van der Waals surface area contributed by atoms with E-state index < -0.39 is 5.97 Å². The van der Waals surface area contributed by atoms with E-state index in [2.05, 4.69) is 24.4 Å². The number of anilines is 1. The Hall–Kier alpha value is -2.98. The quantitative estimate of drug-likeness (QED) is 0.564. The van der Waals surface area contributed by atoms with Gasteiger partial charge < -0.3 is 15.2 Å². The van der Waals surface area contributed by atoms with Crippen LogP contribution in [-0.2, 0) is 13.2 Å². The number of halogens is 1. The molecule has 0 spiro atoms. The van der Waals surface area contributed by atoms with E-state index in [0.29, 0.717) is 13.2 Å². The third kappa shape index (κ3) is 5.25. The predicted molar refractivity (Wildman–Crippen MR) is 108 cm³/mol. The van der Waals surface area contributed by atoms with Crippen LogP contribution in [0.5, 0.6) is 5.75 Å². The SMILES string of the molecule is Cc1cccc(COc2ccc(CNc3ccc(C(=O)O)c(Cl)c3)cc2)c1. The molecule has 0 aromatic heterocycles. The molecule has 3 aromatic rings. The van der Waals surface area contributed by atoms with Gasteiger partial charge in [0.15, 0.2) is 0 Å². The topological polar surface area (TPSA) is 58.6 Å². The third-order valence-corrected chi connectivity index (χ3v) is 4.42. The molecular weight excluding hydrogens is 362 g/mol. The Kier molecular flexibility index (Phi) is 5.99. The van der Waals surface area contributed by atoms with Crippen LogP contribution in [0.1, 0.15) is 27.0 Å². The lowest BCUT2D eigenvalue weighted by Crippen LogP contribution is -2.02. The van der Waals surface area contributed by atoms with Gasteiger partial charge in [0.25, 0.3) is 0 Å². The van der Waals surface area contributed by atoms with Crippen LogP contribution in [0.4, 0.5) is 5.69 Å². The summed E-state index contributed by atoms with van der Waals surface area (Å²) in [6, 6.07) is 20.9. The first kappa shape index (κ1) is 18.8. The van der Waals surface area contributed by atoms with Crippen LogP contribution in [0.2, 0.25) is 5.02 Å². The molecule has 0 heterocycles. The maximum atomic E-state index is 11.0. The standard InChI is InChI=1S/C22H20ClNO3/c1-15-3-2-4-17(11-15)14-27-19-8-5-16(6-9-19)13-24-18-7-10-20(22(25)26)21(23)12-18/h2-12,24H,13-14H2,1H3,(H,25,26). The molecule has 4 nitrogen and oxygen atoms in total. The number of rotatable bonds is 7. The van der Waals surface area contributed by atoms with Crippen LogP contribution in [0.15, 0.2) is 66.7 Å². The van der Waals surface area contributed by atoms with Gasteiger partial charge in [-0.05, 0) is 48.4 Å². The highest BCUT2D eigenvalue weighted by Crippen LogP contribution is 2.22. The molecule has 27 heavy (non-hydrogen) atoms. The number of aromatic carboxylic acids is 1. The van der Waals surface area contributed by atoms with E-state index in [1.807, 2.05) is 36.4 Å². The lowest BCUT2D eigenvalue weighted by atomic mass is 10.1. The molecule has 138 valence electrons. The number of carboxylic acid groups (broad SMARTS) is 1. The molecule has 3 rings (SSSR count). The first-order chi connectivity index (χ1) is 13.0. The molecule has 3 aromatic carbocycles. The lowest BCUT2D eigenvalue weighted by molar-refractivity contribution is 0.0697. The fourth-order valence-corrected chi connectivity index (χ4v) is 2.94. The van der Waals surface area contributed by atoms with Crippen molar-refractivity contribution in [2.24, 2.45) is 0 Å². The van der Waals surface area contributed by atoms with Crippen molar-refractivity contribution in [3.8, 4) is 5.75 Å². The summed E-state index contributed by atoms with van der Waals surface area (Å²) in [5, 5.41) is 12.5. The largest absolute Gasteiger partial charge is 0.489 e. The van der Waals surface area contributed by atoms with E-state index in [4.69, 9.17) is 21.4 Å². The zero-order valence-corrected chi connectivity index (χ0v) is 15.7. The number of hydrogen-bond donors (Lipinski definition) is 2. The van der Waals surface area contributed by atoms with Crippen LogP contribution in [0.25, 0.3) is 0 Å². The fourth-order valence-electron chi connectivity index (χ4n) is 2.67. The molecule has 0 fully saturated rings. The molecule has 5 heteroatoms. The van der Waals surface area contributed by atoms with Crippen molar-refractivity contribution in [1.29, 1.82) is 0 Å². The first-order valence-corrected chi connectivity index (χ1v) is 8.93. The summed E-state index contributed by atoms with van der Waals surface area (Å²) in [6.07, 6.45) is 0. The average molecular weight is 382 g/mol. The van der Waals surface area contributed by atoms with Crippen molar-refractivity contribution in [2.75, 3.05) is 5.32 Å². The van der Waals surface area contributed by atoms with Crippen LogP contribution in [0.3, 0.4) is 0 Å². The van der Waals surface area contributed by atoms with Crippen molar-refractivity contribution in [3.63, 3.8) is 0 Å². The van der Waals surface area contributed by atoms with Gasteiger partial charge in [-0.25, -0.2) is 4.79 Å². The van der Waals surface area contributed by atoms with E-state index in [0.717, 1.165) is 22.6 Å². The van der Waals surface area contributed by atoms with E-state index >= 15 is 0 Å². The van der Waals surface area contributed by atoms with Gasteiger partial charge in [-0.1, -0.05) is 53.6 Å². The molecule has 0 aliphatic rings. The van der Waals surface area contributed by atoms with Gasteiger partial charge in [-0.2, -0.15) is 0 Å². The van der Waals surface area contributed by atoms with Gasteiger partial charge >= 0.3 is 5.97 Å². The fraction of sp³-hybridized carbons (Fsp3) is 0.136. The molecule has 0 atom stereocenters. The van der Waals surface area contributed by atoms with Crippen molar-refractivity contribution in [2.45, 2.75) is 20.1 Å². The van der Waals surface area contributed by atoms with E-state index in [1.165, 1.54) is 11.6 Å². The summed E-state index contributed by atoms with van der Waals surface area (Å²) in [6.45, 7) is 3.20. The van der Waals surface area contributed by atoms with Gasteiger partial charge in [-0.15, -0.1) is 0 Å². The van der Waals surface area contributed by atoms with Gasteiger partial charge in [-0.3, -0.25) is 0 Å². The highest BCUT2D eigenvalue weighted by molar-refractivity contribution is 6.33. The van der Waals surface area contributed by atoms with Crippen LogP contribution < -0.4 is 10.1 Å². The van der Waals surface area contributed by atoms with E-state index in [-0.39, 0.29) is 10.6 Å². The smallest absolute Gasteiger partial charge is 0.337 e. The van der Waals surface area contributed by atoms with Crippen LogP contribution in [0, 0.1) is 6.92 Å². The normalized spacial score (nSPS) is 10.4. The maximum Gasteiger partial charge on any atom is 0.337 e. The summed E-state index contributed by atoms with van der Waals surface area (Å²) in [5.41, 5.74) is 4.30. The first-order valence-electron chi connectivity index (χ1n) is 8.55. The summed E-state index contributed by atoms with van der Waals surface area (Å²) in [7, 11) is 0. The number of aryl methyl sites for hydroxylation is 1. The Morgan fingerprint density at radius 1 is 1.04 bits per heavy atom. The van der Waals surface area contributed by atoms with Crippen molar-refractivity contribution < 1.29 is 14.6 Å². The number of nitrogens with one attached hydrogen (secondary N) is 1. The summed E-state index contributed by atoms with van der Waals surface area (Å²) in [4.78, 5) is 11.0. The van der Waals surface area contributed by atoms with Crippen molar-refractivity contribution >= 4 is 23.3 Å². The Bertz CT molecular complexity index is 939. The summed E-state index contributed by atoms with van der Waals surface area (Å²) in [5.74, 6) is -0.220. The molecular formula is C22H20ClNO3. The van der Waals surface area contributed by atoms with Crippen molar-refractivity contribution in [3.05, 3.63) is 94.0 Å². The summed E-state index contributed by atoms with van der Waals surface area (Å²) >= 11 is 5.98. The third-order valence-electron chi connectivity index (χ3n) is 4.11. The molecule has 0 unspecified atom stereocenters. The second-order valence-electron chi connectivity index (χ2n) is 6.28. The molecule has 0 aliphatic carbocycles. The number of carboxylic acids is 1. The Labute approximate surface area is 163 Å². The van der Waals surface area contributed by atoms with Crippen LogP contribution in [-0.4, -0.2) is 11.1 Å². The van der Waals surface area contributed by atoms with E-state index in [9.17, 15) is 4.79 Å². The molecule has 0 radical (unpaired) electrons. The minimum atomic E-state index is -1.03. The van der Waals surface area contributed by atoms with E-state index in [1.54, 1.807) is 12.1 Å². The van der Waals surface area contributed by atoms with Crippen molar-refractivity contribution in [1.82, 2.24) is 0 Å². The zero-order valence-electron chi connectivity index (χ0n) is 14.9. The second-order valence-corrected chi connectivity index (χ2v) is 6.68. The molecule has 0 saturated heterocycles. The Balaban J connectivity index is 1.54. The highest BCUT2D eigenvalue weighted by Gasteiger charge is 2.08. The lowest BCUT2D eigenvalue weighted by Gasteiger charge is -2.10. The van der Waals surface area contributed by atoms with Gasteiger partial charge in [0, 0.05) is 12.2 Å². The minimum absolute atomic E-state index is 0.0947. The predicted octanol–water partition coefficient (Wildman–Crippen LogP) is 5.54. The molecule has 2 N–H and O–H groups in total. The molecule has 0 bridgehead atoms. The van der Waals surface area contributed by atoms with Gasteiger partial charge in [0.05, 0.1) is 10.6 Å². The number of benzene rings is 3. The number of hydrogen-bond acceptors (Lipinski definition) is 3. The summed E-state index contributed by atoms with van der Waals surface area (Å²) < 4.78 is 5.82. The van der Waals surface area contributed by atoms with Gasteiger partial charge in [0.1, 0.15) is 12.4 Å². The minimum Gasteiger partial charge on any atom is -0.489 e. The Morgan fingerprint density at radius 2 is 1.81 bits per heavy atom. The zero-order chi connectivity index (χ0) is 19.2. The van der Waals surface area contributed by atoms with Crippen LogP contribution >= 0.6 is 11.6 Å². The number of ether oxygens (including phenoxy) is 1. The Morgan fingerprint density at radius 3 is 2.48 bits per heavy atom. The highest BCUT2D eigenvalue weighted by atomic mass is 35.5. The number of carbonyl (C=O) groups is 1. The van der Waals surface area contributed by atoms with Gasteiger partial charge in [0.2, 0.25) is 0 Å².